The Hall–Kier alpha value is -2.42. The Morgan fingerprint density at radius 2 is 2.05 bits per heavy atom. The molecule has 0 unspecified atom stereocenters. The van der Waals surface area contributed by atoms with E-state index in [1.54, 1.807) is 6.07 Å². The number of imide groups is 1. The van der Waals surface area contributed by atoms with Crippen molar-refractivity contribution in [2.24, 2.45) is 0 Å². The number of nitriles is 1. The van der Waals surface area contributed by atoms with E-state index in [1.807, 2.05) is 0 Å². The van der Waals surface area contributed by atoms with E-state index in [2.05, 4.69) is 5.32 Å². The molecule has 0 bridgehead atoms. The molecule has 21 heavy (non-hydrogen) atoms. The van der Waals surface area contributed by atoms with Crippen LogP contribution in [0.3, 0.4) is 0 Å². The highest BCUT2D eigenvalue weighted by Gasteiger charge is 2.53. The summed E-state index contributed by atoms with van der Waals surface area (Å²) in [6, 6.07) is 5.54. The van der Waals surface area contributed by atoms with E-state index in [0.29, 0.717) is 18.4 Å². The summed E-state index contributed by atoms with van der Waals surface area (Å²) < 4.78 is 13.3. The van der Waals surface area contributed by atoms with E-state index in [4.69, 9.17) is 5.26 Å². The Kier molecular flexibility index (Phi) is 3.13. The number of halogens is 1. The van der Waals surface area contributed by atoms with Gasteiger partial charge in [-0.15, -0.1) is 0 Å². The molecule has 0 atom stereocenters. The lowest BCUT2D eigenvalue weighted by Crippen LogP contribution is -2.46. The Labute approximate surface area is 121 Å². The molecule has 5 nitrogen and oxygen atoms in total. The SMILES string of the molecule is N#Cc1cc(CN2C(=O)NC(=O)C23CCCC3)ccc1F. The molecule has 1 saturated carbocycles. The van der Waals surface area contributed by atoms with Crippen molar-refractivity contribution in [3.05, 3.63) is 35.1 Å². The van der Waals surface area contributed by atoms with Gasteiger partial charge in [0.05, 0.1) is 5.56 Å². The summed E-state index contributed by atoms with van der Waals surface area (Å²) in [5.41, 5.74) is -0.180. The first kappa shape index (κ1) is 13.6. The van der Waals surface area contributed by atoms with E-state index < -0.39 is 17.4 Å². The highest BCUT2D eigenvalue weighted by molar-refractivity contribution is 6.07. The number of hydrogen-bond donors (Lipinski definition) is 1. The number of benzene rings is 1. The molecule has 1 aliphatic carbocycles. The van der Waals surface area contributed by atoms with E-state index >= 15 is 0 Å². The van der Waals surface area contributed by atoms with Crippen LogP contribution in [0.25, 0.3) is 0 Å². The predicted molar refractivity (Wildman–Crippen MR) is 71.4 cm³/mol. The summed E-state index contributed by atoms with van der Waals surface area (Å²) in [6.45, 7) is 0.201. The maximum Gasteiger partial charge on any atom is 0.325 e. The number of carbonyl (C=O) groups excluding carboxylic acids is 2. The van der Waals surface area contributed by atoms with Crippen molar-refractivity contribution in [2.45, 2.75) is 37.8 Å². The van der Waals surface area contributed by atoms with E-state index in [0.717, 1.165) is 12.8 Å². The van der Waals surface area contributed by atoms with Gasteiger partial charge in [0.15, 0.2) is 0 Å². The van der Waals surface area contributed by atoms with Gasteiger partial charge in [-0.3, -0.25) is 10.1 Å². The molecule has 0 radical (unpaired) electrons. The molecule has 3 rings (SSSR count). The van der Waals surface area contributed by atoms with Crippen molar-refractivity contribution >= 4 is 11.9 Å². The minimum atomic E-state index is -0.766. The second kappa shape index (κ2) is 4.85. The highest BCUT2D eigenvalue weighted by atomic mass is 19.1. The number of amides is 3. The molecule has 1 N–H and O–H groups in total. The normalized spacial score (nSPS) is 19.9. The van der Waals surface area contributed by atoms with Gasteiger partial charge in [0.1, 0.15) is 17.4 Å². The van der Waals surface area contributed by atoms with Gasteiger partial charge < -0.3 is 4.90 Å². The van der Waals surface area contributed by atoms with Crippen LogP contribution < -0.4 is 5.32 Å². The van der Waals surface area contributed by atoms with Crippen LogP contribution in [-0.4, -0.2) is 22.4 Å². The first-order chi connectivity index (χ1) is 10.1. The van der Waals surface area contributed by atoms with Gasteiger partial charge in [-0.25, -0.2) is 9.18 Å². The number of hydrogen-bond acceptors (Lipinski definition) is 3. The standard InChI is InChI=1S/C15H14FN3O2/c16-12-4-3-10(7-11(12)8-17)9-19-14(21)18-13(20)15(19)5-1-2-6-15/h3-4,7H,1-2,5-6,9H2,(H,18,20,21). The minimum absolute atomic E-state index is 0.0566. The summed E-state index contributed by atoms with van der Waals surface area (Å²) in [7, 11) is 0. The largest absolute Gasteiger partial charge is 0.325 e. The fourth-order valence-corrected chi connectivity index (χ4v) is 3.22. The second-order valence-corrected chi connectivity index (χ2v) is 5.51. The van der Waals surface area contributed by atoms with Crippen molar-refractivity contribution in [3.8, 4) is 6.07 Å². The smallest absolute Gasteiger partial charge is 0.305 e. The van der Waals surface area contributed by atoms with Crippen molar-refractivity contribution in [1.82, 2.24) is 10.2 Å². The monoisotopic (exact) mass is 287 g/mol. The zero-order valence-electron chi connectivity index (χ0n) is 11.4. The van der Waals surface area contributed by atoms with Crippen LogP contribution in [0.5, 0.6) is 0 Å². The number of urea groups is 1. The Morgan fingerprint density at radius 1 is 1.33 bits per heavy atom. The Bertz CT molecular complexity index is 659. The van der Waals surface area contributed by atoms with Crippen LogP contribution in [0.1, 0.15) is 36.8 Å². The number of nitrogens with zero attached hydrogens (tertiary/aromatic N) is 2. The highest BCUT2D eigenvalue weighted by Crippen LogP contribution is 2.39. The minimum Gasteiger partial charge on any atom is -0.305 e. The van der Waals surface area contributed by atoms with Gasteiger partial charge in [0.2, 0.25) is 0 Å². The quantitative estimate of drug-likeness (QED) is 0.846. The zero-order chi connectivity index (χ0) is 15.0. The molecule has 1 heterocycles. The third-order valence-electron chi connectivity index (χ3n) is 4.33. The van der Waals surface area contributed by atoms with Crippen molar-refractivity contribution < 1.29 is 14.0 Å². The zero-order valence-corrected chi connectivity index (χ0v) is 11.4. The number of carbonyl (C=O) groups is 2. The molecule has 6 heteroatoms. The molecule has 2 aliphatic rings. The topological polar surface area (TPSA) is 73.2 Å². The molecule has 1 aliphatic heterocycles. The van der Waals surface area contributed by atoms with Gasteiger partial charge in [0.25, 0.3) is 5.91 Å². The lowest BCUT2D eigenvalue weighted by molar-refractivity contribution is -0.126. The van der Waals surface area contributed by atoms with Crippen LogP contribution in [0.2, 0.25) is 0 Å². The van der Waals surface area contributed by atoms with Gasteiger partial charge in [-0.05, 0) is 30.5 Å². The van der Waals surface area contributed by atoms with Crippen molar-refractivity contribution in [2.75, 3.05) is 0 Å². The van der Waals surface area contributed by atoms with Gasteiger partial charge in [0, 0.05) is 6.54 Å². The molecular weight excluding hydrogens is 273 g/mol. The van der Waals surface area contributed by atoms with Gasteiger partial charge in [-0.1, -0.05) is 18.9 Å². The maximum absolute atomic E-state index is 13.3. The molecule has 1 aromatic rings. The molecule has 1 spiro atoms. The van der Waals surface area contributed by atoms with E-state index in [9.17, 15) is 14.0 Å². The number of rotatable bonds is 2. The first-order valence-corrected chi connectivity index (χ1v) is 6.88. The summed E-state index contributed by atoms with van der Waals surface area (Å²) in [5, 5.41) is 11.2. The summed E-state index contributed by atoms with van der Waals surface area (Å²) in [5.74, 6) is -0.827. The maximum atomic E-state index is 13.3. The number of nitrogens with one attached hydrogen (secondary N) is 1. The average Bonchev–Trinajstić information content (AvgIpc) is 3.03. The van der Waals surface area contributed by atoms with Crippen LogP contribution in [-0.2, 0) is 11.3 Å². The van der Waals surface area contributed by atoms with Crippen molar-refractivity contribution in [1.29, 1.82) is 5.26 Å². The fraction of sp³-hybridized carbons (Fsp3) is 0.400. The Morgan fingerprint density at radius 3 is 2.71 bits per heavy atom. The van der Waals surface area contributed by atoms with Crippen LogP contribution >= 0.6 is 0 Å². The summed E-state index contributed by atoms with van der Waals surface area (Å²) in [4.78, 5) is 25.7. The molecule has 2 fully saturated rings. The lowest BCUT2D eigenvalue weighted by Gasteiger charge is -2.31. The average molecular weight is 287 g/mol. The van der Waals surface area contributed by atoms with Gasteiger partial charge >= 0.3 is 6.03 Å². The van der Waals surface area contributed by atoms with Crippen molar-refractivity contribution in [3.63, 3.8) is 0 Å². The molecule has 0 aromatic heterocycles. The molecule has 108 valence electrons. The van der Waals surface area contributed by atoms with E-state index in [-0.39, 0.29) is 18.0 Å². The predicted octanol–water partition coefficient (Wildman–Crippen LogP) is 2.06. The lowest BCUT2D eigenvalue weighted by atomic mass is 9.95. The summed E-state index contributed by atoms with van der Waals surface area (Å²) in [6.07, 6.45) is 3.11. The molecule has 1 saturated heterocycles. The molecular formula is C15H14FN3O2. The van der Waals surface area contributed by atoms with Crippen LogP contribution in [0.4, 0.5) is 9.18 Å². The molecule has 1 aromatic carbocycles. The fourth-order valence-electron chi connectivity index (χ4n) is 3.22. The van der Waals surface area contributed by atoms with Gasteiger partial charge in [-0.2, -0.15) is 5.26 Å². The second-order valence-electron chi connectivity index (χ2n) is 5.51. The molecule has 3 amide bonds. The third-order valence-corrected chi connectivity index (χ3v) is 4.33. The third kappa shape index (κ3) is 2.05. The Balaban J connectivity index is 1.91. The first-order valence-electron chi connectivity index (χ1n) is 6.88. The van der Waals surface area contributed by atoms with Crippen LogP contribution in [0, 0.1) is 17.1 Å². The van der Waals surface area contributed by atoms with Crippen LogP contribution in [0.15, 0.2) is 18.2 Å². The summed E-state index contributed by atoms with van der Waals surface area (Å²) >= 11 is 0. The van der Waals surface area contributed by atoms with E-state index in [1.165, 1.54) is 23.1 Å².